The first-order valence-corrected chi connectivity index (χ1v) is 7.63. The van der Waals surface area contributed by atoms with Crippen LogP contribution in [0, 0.1) is 10.1 Å². The van der Waals surface area contributed by atoms with Crippen LogP contribution in [0.5, 0.6) is 0 Å². The lowest BCUT2D eigenvalue weighted by atomic mass is 9.76. The standard InChI is InChI=1S/C18H19NO3/c20-18(13-5-4-8-17(18)19(21)22)16-11-9-15(10-12-16)14-6-2-1-3-7-14/h1-3,6-7,9-12,17,20H,4-5,8,13H2. The van der Waals surface area contributed by atoms with E-state index in [-0.39, 0.29) is 4.92 Å². The molecule has 1 aliphatic rings. The number of aliphatic hydroxyl groups is 1. The van der Waals surface area contributed by atoms with Gasteiger partial charge in [-0.15, -0.1) is 0 Å². The monoisotopic (exact) mass is 297 g/mol. The van der Waals surface area contributed by atoms with Crippen LogP contribution in [0.3, 0.4) is 0 Å². The van der Waals surface area contributed by atoms with Crippen LogP contribution in [0.4, 0.5) is 0 Å². The molecule has 0 spiro atoms. The third-order valence-corrected chi connectivity index (χ3v) is 4.58. The number of benzene rings is 2. The van der Waals surface area contributed by atoms with Crippen LogP contribution in [-0.2, 0) is 5.60 Å². The molecule has 2 unspecified atom stereocenters. The predicted molar refractivity (Wildman–Crippen MR) is 85.0 cm³/mol. The number of hydrogen-bond donors (Lipinski definition) is 1. The maximum absolute atomic E-state index is 11.3. The summed E-state index contributed by atoms with van der Waals surface area (Å²) < 4.78 is 0. The second-order valence-electron chi connectivity index (χ2n) is 5.91. The van der Waals surface area contributed by atoms with Crippen molar-refractivity contribution >= 4 is 0 Å². The molecule has 0 saturated heterocycles. The number of nitrogens with zero attached hydrogens (tertiary/aromatic N) is 1. The molecule has 2 aromatic carbocycles. The van der Waals surface area contributed by atoms with Crippen LogP contribution in [0.25, 0.3) is 11.1 Å². The number of hydrogen-bond acceptors (Lipinski definition) is 3. The Morgan fingerprint density at radius 1 is 1.00 bits per heavy atom. The summed E-state index contributed by atoms with van der Waals surface area (Å²) in [4.78, 5) is 10.9. The third-order valence-electron chi connectivity index (χ3n) is 4.58. The molecule has 4 heteroatoms. The molecule has 0 radical (unpaired) electrons. The fourth-order valence-corrected chi connectivity index (χ4v) is 3.34. The van der Waals surface area contributed by atoms with Gasteiger partial charge in [0.05, 0.1) is 0 Å². The predicted octanol–water partition coefficient (Wildman–Crippen LogP) is 3.76. The SMILES string of the molecule is O=[N+]([O-])C1CCCCC1(O)c1ccc(-c2ccccc2)cc1. The van der Waals surface area contributed by atoms with E-state index in [1.165, 1.54) is 0 Å². The number of nitro groups is 1. The Hall–Kier alpha value is -2.20. The molecule has 0 aliphatic heterocycles. The zero-order chi connectivity index (χ0) is 15.6. The van der Waals surface area contributed by atoms with Crippen molar-refractivity contribution in [1.29, 1.82) is 0 Å². The Morgan fingerprint density at radius 3 is 2.27 bits per heavy atom. The van der Waals surface area contributed by atoms with E-state index in [1.807, 2.05) is 54.6 Å². The van der Waals surface area contributed by atoms with Crippen molar-refractivity contribution in [3.8, 4) is 11.1 Å². The van der Waals surface area contributed by atoms with Gasteiger partial charge in [0.1, 0.15) is 0 Å². The highest BCUT2D eigenvalue weighted by Gasteiger charge is 2.48. The summed E-state index contributed by atoms with van der Waals surface area (Å²) in [5.41, 5.74) is 1.43. The molecular formula is C18H19NO3. The molecule has 0 aromatic heterocycles. The molecule has 1 fully saturated rings. The van der Waals surface area contributed by atoms with Gasteiger partial charge in [-0.1, -0.05) is 54.6 Å². The van der Waals surface area contributed by atoms with Gasteiger partial charge in [0.25, 0.3) is 0 Å². The van der Waals surface area contributed by atoms with E-state index >= 15 is 0 Å². The molecule has 1 aliphatic carbocycles. The van der Waals surface area contributed by atoms with Crippen molar-refractivity contribution in [3.05, 3.63) is 70.3 Å². The summed E-state index contributed by atoms with van der Waals surface area (Å²) in [6.07, 6.45) is 2.50. The quantitative estimate of drug-likeness (QED) is 0.693. The normalized spacial score (nSPS) is 24.9. The van der Waals surface area contributed by atoms with E-state index in [9.17, 15) is 15.2 Å². The Bertz CT molecular complexity index is 654. The van der Waals surface area contributed by atoms with Crippen molar-refractivity contribution in [1.82, 2.24) is 0 Å². The van der Waals surface area contributed by atoms with Gasteiger partial charge in [-0.25, -0.2) is 0 Å². The summed E-state index contributed by atoms with van der Waals surface area (Å²) in [7, 11) is 0. The molecule has 2 aromatic rings. The second kappa shape index (κ2) is 5.89. The van der Waals surface area contributed by atoms with Crippen LogP contribution >= 0.6 is 0 Å². The highest BCUT2D eigenvalue weighted by molar-refractivity contribution is 5.63. The molecule has 1 saturated carbocycles. The fraction of sp³-hybridized carbons (Fsp3) is 0.333. The maximum Gasteiger partial charge on any atom is 0.245 e. The summed E-state index contributed by atoms with van der Waals surface area (Å²) >= 11 is 0. The van der Waals surface area contributed by atoms with Gasteiger partial charge in [-0.05, 0) is 36.0 Å². The average Bonchev–Trinajstić information content (AvgIpc) is 2.56. The molecule has 22 heavy (non-hydrogen) atoms. The van der Waals surface area contributed by atoms with Gasteiger partial charge in [0.15, 0.2) is 5.60 Å². The minimum atomic E-state index is -1.35. The minimum absolute atomic E-state index is 0.329. The van der Waals surface area contributed by atoms with Crippen molar-refractivity contribution in [2.75, 3.05) is 0 Å². The summed E-state index contributed by atoms with van der Waals surface area (Å²) in [5.74, 6) is 0. The molecule has 2 atom stereocenters. The van der Waals surface area contributed by atoms with E-state index in [2.05, 4.69) is 0 Å². The zero-order valence-corrected chi connectivity index (χ0v) is 12.3. The smallest absolute Gasteiger partial charge is 0.245 e. The molecule has 0 heterocycles. The first-order chi connectivity index (χ1) is 10.6. The Labute approximate surface area is 129 Å². The van der Waals surface area contributed by atoms with Crippen LogP contribution in [-0.4, -0.2) is 16.1 Å². The third kappa shape index (κ3) is 2.62. The molecule has 0 amide bonds. The van der Waals surface area contributed by atoms with Gasteiger partial charge in [-0.2, -0.15) is 0 Å². The first kappa shape index (κ1) is 14.7. The van der Waals surface area contributed by atoms with Crippen LogP contribution < -0.4 is 0 Å². The summed E-state index contributed by atoms with van der Waals surface area (Å²) in [6, 6.07) is 16.5. The van der Waals surface area contributed by atoms with E-state index in [1.54, 1.807) is 0 Å². The molecular weight excluding hydrogens is 278 g/mol. The van der Waals surface area contributed by atoms with Crippen molar-refractivity contribution in [3.63, 3.8) is 0 Å². The summed E-state index contributed by atoms with van der Waals surface area (Å²) in [6.45, 7) is 0. The van der Waals surface area contributed by atoms with Crippen molar-refractivity contribution in [2.24, 2.45) is 0 Å². The van der Waals surface area contributed by atoms with E-state index in [0.717, 1.165) is 24.0 Å². The van der Waals surface area contributed by atoms with Gasteiger partial charge >= 0.3 is 0 Å². The lowest BCUT2D eigenvalue weighted by Crippen LogP contribution is -2.46. The van der Waals surface area contributed by atoms with Gasteiger partial charge in [-0.3, -0.25) is 10.1 Å². The topological polar surface area (TPSA) is 63.4 Å². The molecule has 0 bridgehead atoms. The highest BCUT2D eigenvalue weighted by Crippen LogP contribution is 2.39. The first-order valence-electron chi connectivity index (χ1n) is 7.63. The van der Waals surface area contributed by atoms with E-state index in [4.69, 9.17) is 0 Å². The Balaban J connectivity index is 1.93. The van der Waals surface area contributed by atoms with Crippen molar-refractivity contribution < 1.29 is 10.0 Å². The lowest BCUT2D eigenvalue weighted by molar-refractivity contribution is -0.552. The van der Waals surface area contributed by atoms with E-state index in [0.29, 0.717) is 18.4 Å². The van der Waals surface area contributed by atoms with Crippen molar-refractivity contribution in [2.45, 2.75) is 37.3 Å². The number of rotatable bonds is 3. The maximum atomic E-state index is 11.3. The second-order valence-corrected chi connectivity index (χ2v) is 5.91. The highest BCUT2D eigenvalue weighted by atomic mass is 16.6. The summed E-state index contributed by atoms with van der Waals surface area (Å²) in [5, 5.41) is 22.2. The van der Waals surface area contributed by atoms with Crippen LogP contribution in [0.15, 0.2) is 54.6 Å². The molecule has 1 N–H and O–H groups in total. The fourth-order valence-electron chi connectivity index (χ4n) is 3.34. The molecule has 114 valence electrons. The van der Waals surface area contributed by atoms with Gasteiger partial charge in [0.2, 0.25) is 6.04 Å². The van der Waals surface area contributed by atoms with Gasteiger partial charge < -0.3 is 5.11 Å². The average molecular weight is 297 g/mol. The Kier molecular flexibility index (Phi) is 3.94. The van der Waals surface area contributed by atoms with E-state index < -0.39 is 11.6 Å². The van der Waals surface area contributed by atoms with Crippen LogP contribution in [0.2, 0.25) is 0 Å². The Morgan fingerprint density at radius 2 is 1.64 bits per heavy atom. The largest absolute Gasteiger partial charge is 0.378 e. The van der Waals surface area contributed by atoms with Crippen LogP contribution in [0.1, 0.15) is 31.2 Å². The lowest BCUT2D eigenvalue weighted by Gasteiger charge is -2.34. The molecule has 3 rings (SSSR count). The van der Waals surface area contributed by atoms with Gasteiger partial charge in [0, 0.05) is 11.3 Å². The minimum Gasteiger partial charge on any atom is -0.378 e. The molecule has 4 nitrogen and oxygen atoms in total. The zero-order valence-electron chi connectivity index (χ0n) is 12.3.